The van der Waals surface area contributed by atoms with E-state index < -0.39 is 0 Å². The van der Waals surface area contributed by atoms with Gasteiger partial charge in [0.1, 0.15) is 17.2 Å². The second-order valence-electron chi connectivity index (χ2n) is 5.17. The van der Waals surface area contributed by atoms with Crippen molar-refractivity contribution in [3.63, 3.8) is 0 Å². The first-order valence-corrected chi connectivity index (χ1v) is 6.69. The highest BCUT2D eigenvalue weighted by molar-refractivity contribution is 5.52. The molecule has 0 amide bonds. The lowest BCUT2D eigenvalue weighted by Gasteiger charge is -2.35. The van der Waals surface area contributed by atoms with E-state index in [9.17, 15) is 0 Å². The molecule has 0 saturated heterocycles. The number of nitrogens with zero attached hydrogens (tertiary/aromatic N) is 5. The van der Waals surface area contributed by atoms with Gasteiger partial charge in [-0.25, -0.2) is 9.97 Å². The van der Waals surface area contributed by atoms with E-state index in [1.54, 1.807) is 24.8 Å². The summed E-state index contributed by atoms with van der Waals surface area (Å²) in [6.45, 7) is 0. The fraction of sp³-hybridized carbons (Fsp3) is 0.308. The Hall–Kier alpha value is -2.61. The predicted octanol–water partition coefficient (Wildman–Crippen LogP) is 1.25. The second-order valence-corrected chi connectivity index (χ2v) is 5.17. The Balaban J connectivity index is 1.64. The van der Waals surface area contributed by atoms with Crippen molar-refractivity contribution in [2.75, 3.05) is 0 Å². The summed E-state index contributed by atoms with van der Waals surface area (Å²) in [5.41, 5.74) is 7.11. The number of rotatable bonds is 3. The van der Waals surface area contributed by atoms with Crippen LogP contribution in [0.3, 0.4) is 0 Å². The summed E-state index contributed by atoms with van der Waals surface area (Å²) in [5.74, 6) is 1.51. The van der Waals surface area contributed by atoms with Gasteiger partial charge in [-0.05, 0) is 19.3 Å². The second kappa shape index (κ2) is 4.45. The zero-order valence-electron chi connectivity index (χ0n) is 11.2. The van der Waals surface area contributed by atoms with Crippen LogP contribution < -0.4 is 5.73 Å². The molecule has 3 N–H and O–H groups in total. The molecule has 0 atom stereocenters. The molecule has 1 aliphatic carbocycles. The quantitative estimate of drug-likeness (QED) is 0.742. The fourth-order valence-corrected chi connectivity index (χ4v) is 2.33. The average molecular weight is 283 g/mol. The molecule has 0 bridgehead atoms. The van der Waals surface area contributed by atoms with Gasteiger partial charge in [0.05, 0.1) is 17.9 Å². The molecule has 1 fully saturated rings. The van der Waals surface area contributed by atoms with E-state index in [-0.39, 0.29) is 5.54 Å². The third kappa shape index (κ3) is 2.00. The number of H-pyrrole nitrogens is 1. The van der Waals surface area contributed by atoms with Gasteiger partial charge < -0.3 is 15.2 Å². The van der Waals surface area contributed by atoms with Crippen molar-refractivity contribution in [2.45, 2.75) is 24.8 Å². The minimum absolute atomic E-state index is 0.341. The van der Waals surface area contributed by atoms with Crippen LogP contribution in [0.4, 0.5) is 0 Å². The predicted molar refractivity (Wildman–Crippen MR) is 72.6 cm³/mol. The standard InChI is InChI=1S/C13H13N7O/c14-13(2-1-3-13)12-17-7-9(18-12)11-19-10(20-21-11)8-6-15-4-5-16-8/h4-7H,1-3,14H2,(H,17,18). The molecule has 0 spiro atoms. The van der Waals surface area contributed by atoms with Gasteiger partial charge in [-0.2, -0.15) is 4.98 Å². The molecule has 8 nitrogen and oxygen atoms in total. The summed E-state index contributed by atoms with van der Waals surface area (Å²) in [4.78, 5) is 19.9. The molecule has 1 saturated carbocycles. The Morgan fingerprint density at radius 3 is 2.81 bits per heavy atom. The number of hydrogen-bond donors (Lipinski definition) is 2. The topological polar surface area (TPSA) is 119 Å². The van der Waals surface area contributed by atoms with Crippen molar-refractivity contribution in [3.05, 3.63) is 30.6 Å². The summed E-state index contributed by atoms with van der Waals surface area (Å²) in [6.07, 6.45) is 9.42. The number of imidazole rings is 1. The van der Waals surface area contributed by atoms with Crippen LogP contribution in [0.1, 0.15) is 25.1 Å². The molecule has 3 aromatic rings. The largest absolute Gasteiger partial charge is 0.336 e. The minimum atomic E-state index is -0.341. The Kier molecular flexibility index (Phi) is 2.58. The monoisotopic (exact) mass is 283 g/mol. The SMILES string of the molecule is NC1(c2ncc(-c3nc(-c4cnccn4)no3)[nH]2)CCC1. The molecule has 106 valence electrons. The fourth-order valence-electron chi connectivity index (χ4n) is 2.33. The third-order valence-corrected chi connectivity index (χ3v) is 3.74. The van der Waals surface area contributed by atoms with E-state index in [0.717, 1.165) is 25.1 Å². The van der Waals surface area contributed by atoms with Crippen molar-refractivity contribution in [1.82, 2.24) is 30.1 Å². The van der Waals surface area contributed by atoms with Crippen LogP contribution in [-0.4, -0.2) is 30.1 Å². The van der Waals surface area contributed by atoms with Crippen molar-refractivity contribution in [3.8, 4) is 23.1 Å². The Labute approximate surface area is 119 Å². The van der Waals surface area contributed by atoms with Gasteiger partial charge in [0.2, 0.25) is 5.82 Å². The zero-order chi connectivity index (χ0) is 14.3. The summed E-state index contributed by atoms with van der Waals surface area (Å²) >= 11 is 0. The van der Waals surface area contributed by atoms with Crippen LogP contribution in [0.5, 0.6) is 0 Å². The van der Waals surface area contributed by atoms with Crippen molar-refractivity contribution < 1.29 is 4.52 Å². The number of hydrogen-bond acceptors (Lipinski definition) is 7. The molecule has 0 aromatic carbocycles. The Bertz CT molecular complexity index is 760. The Morgan fingerprint density at radius 2 is 2.10 bits per heavy atom. The van der Waals surface area contributed by atoms with Gasteiger partial charge in [-0.3, -0.25) is 4.98 Å². The molecular weight excluding hydrogens is 270 g/mol. The maximum absolute atomic E-state index is 6.23. The number of nitrogens with one attached hydrogen (secondary N) is 1. The van der Waals surface area contributed by atoms with Crippen molar-refractivity contribution in [1.29, 1.82) is 0 Å². The molecule has 3 heterocycles. The van der Waals surface area contributed by atoms with E-state index >= 15 is 0 Å². The highest BCUT2D eigenvalue weighted by atomic mass is 16.5. The molecule has 0 radical (unpaired) electrons. The van der Waals surface area contributed by atoms with Crippen molar-refractivity contribution in [2.24, 2.45) is 5.73 Å². The summed E-state index contributed by atoms with van der Waals surface area (Å²) in [7, 11) is 0. The zero-order valence-corrected chi connectivity index (χ0v) is 11.2. The summed E-state index contributed by atoms with van der Waals surface area (Å²) < 4.78 is 5.24. The molecule has 0 unspecified atom stereocenters. The number of aromatic nitrogens is 6. The Morgan fingerprint density at radius 1 is 1.19 bits per heavy atom. The highest BCUT2D eigenvalue weighted by Crippen LogP contribution is 2.37. The van der Waals surface area contributed by atoms with E-state index in [2.05, 4.69) is 30.1 Å². The lowest BCUT2D eigenvalue weighted by molar-refractivity contribution is 0.240. The molecule has 21 heavy (non-hydrogen) atoms. The highest BCUT2D eigenvalue weighted by Gasteiger charge is 2.37. The normalized spacial score (nSPS) is 16.6. The van der Waals surface area contributed by atoms with Crippen LogP contribution in [0.15, 0.2) is 29.3 Å². The number of nitrogens with two attached hydrogens (primary N) is 1. The van der Waals surface area contributed by atoms with Gasteiger partial charge >= 0.3 is 0 Å². The molecular formula is C13H13N7O. The first-order chi connectivity index (χ1) is 10.2. The van der Waals surface area contributed by atoms with Gasteiger partial charge in [0.15, 0.2) is 0 Å². The molecule has 3 aromatic heterocycles. The first kappa shape index (κ1) is 12.2. The average Bonchev–Trinajstić information content (AvgIpc) is 3.14. The minimum Gasteiger partial charge on any atom is -0.336 e. The van der Waals surface area contributed by atoms with Crippen LogP contribution >= 0.6 is 0 Å². The van der Waals surface area contributed by atoms with Gasteiger partial charge in [-0.15, -0.1) is 0 Å². The van der Waals surface area contributed by atoms with Crippen LogP contribution in [0, 0.1) is 0 Å². The van der Waals surface area contributed by atoms with Crippen LogP contribution in [0.25, 0.3) is 23.1 Å². The van der Waals surface area contributed by atoms with Gasteiger partial charge in [0.25, 0.3) is 5.89 Å². The molecule has 1 aliphatic rings. The lowest BCUT2D eigenvalue weighted by Crippen LogP contribution is -2.44. The maximum atomic E-state index is 6.23. The van der Waals surface area contributed by atoms with Crippen molar-refractivity contribution >= 4 is 0 Å². The van der Waals surface area contributed by atoms with E-state index in [1.807, 2.05) is 0 Å². The molecule has 8 heteroatoms. The van der Waals surface area contributed by atoms with E-state index in [0.29, 0.717) is 23.1 Å². The van der Waals surface area contributed by atoms with E-state index in [4.69, 9.17) is 10.3 Å². The first-order valence-electron chi connectivity index (χ1n) is 6.69. The van der Waals surface area contributed by atoms with E-state index in [1.165, 1.54) is 0 Å². The van der Waals surface area contributed by atoms with Gasteiger partial charge in [-0.1, -0.05) is 5.16 Å². The summed E-state index contributed by atoms with van der Waals surface area (Å²) in [6, 6.07) is 0. The van der Waals surface area contributed by atoms with Crippen LogP contribution in [-0.2, 0) is 5.54 Å². The molecule has 4 rings (SSSR count). The van der Waals surface area contributed by atoms with Crippen LogP contribution in [0.2, 0.25) is 0 Å². The third-order valence-electron chi connectivity index (χ3n) is 3.74. The van der Waals surface area contributed by atoms with Gasteiger partial charge in [0, 0.05) is 12.4 Å². The molecule has 0 aliphatic heterocycles. The smallest absolute Gasteiger partial charge is 0.276 e. The lowest BCUT2D eigenvalue weighted by atomic mass is 9.77. The number of aromatic amines is 1. The summed E-state index contributed by atoms with van der Waals surface area (Å²) in [5, 5.41) is 3.90. The maximum Gasteiger partial charge on any atom is 0.276 e.